The number of thioether (sulfide) groups is 1. The molecule has 3 nitrogen and oxygen atoms in total. The van der Waals surface area contributed by atoms with Crippen LogP contribution in [0, 0.1) is 13.8 Å². The number of aryl methyl sites for hydroxylation is 2. The fourth-order valence-electron chi connectivity index (χ4n) is 2.87. The van der Waals surface area contributed by atoms with Gasteiger partial charge in [0, 0.05) is 29.1 Å². The Kier molecular flexibility index (Phi) is 5.07. The van der Waals surface area contributed by atoms with Crippen molar-refractivity contribution in [2.75, 3.05) is 0 Å². The molecule has 0 atom stereocenters. The molecule has 0 fully saturated rings. The third-order valence-corrected chi connectivity index (χ3v) is 6.16. The summed E-state index contributed by atoms with van der Waals surface area (Å²) < 4.78 is 1.60. The molecule has 0 saturated carbocycles. The van der Waals surface area contributed by atoms with Crippen molar-refractivity contribution in [3.8, 4) is 0 Å². The maximum absolute atomic E-state index is 12.1. The Bertz CT molecular complexity index is 941. The van der Waals surface area contributed by atoms with Crippen LogP contribution in [0.15, 0.2) is 34.6 Å². The molecule has 0 N–H and O–H groups in total. The van der Waals surface area contributed by atoms with E-state index in [4.69, 9.17) is 0 Å². The topological polar surface area (TPSA) is 34.4 Å². The van der Waals surface area contributed by atoms with Gasteiger partial charge in [0.15, 0.2) is 4.96 Å². The van der Waals surface area contributed by atoms with Gasteiger partial charge >= 0.3 is 0 Å². The van der Waals surface area contributed by atoms with Crippen LogP contribution in [0.5, 0.6) is 0 Å². The molecule has 132 valence electrons. The van der Waals surface area contributed by atoms with Crippen molar-refractivity contribution in [2.45, 2.75) is 51.5 Å². The molecule has 0 spiro atoms. The van der Waals surface area contributed by atoms with Gasteiger partial charge in [0.2, 0.25) is 0 Å². The van der Waals surface area contributed by atoms with E-state index >= 15 is 0 Å². The normalized spacial score (nSPS) is 12.0. The first-order valence-corrected chi connectivity index (χ1v) is 10.4. The molecular weight excluding hydrogens is 348 g/mol. The van der Waals surface area contributed by atoms with Gasteiger partial charge in [-0.1, -0.05) is 32.9 Å². The Morgan fingerprint density at radius 3 is 2.44 bits per heavy atom. The molecule has 0 unspecified atom stereocenters. The standard InChI is InChI=1S/C20H24N2OS2/c1-13-8-15(20(3,4)5)9-14(2)17(13)12-24-11-16-10-18(23)22-6-7-25-19(22)21-16/h6-10H,11-12H2,1-5H3. The van der Waals surface area contributed by atoms with Crippen LogP contribution in [0.4, 0.5) is 0 Å². The van der Waals surface area contributed by atoms with Crippen molar-refractivity contribution >= 4 is 28.1 Å². The molecule has 2 heterocycles. The lowest BCUT2D eigenvalue weighted by molar-refractivity contribution is 0.589. The predicted octanol–water partition coefficient (Wildman–Crippen LogP) is 5.10. The first-order chi connectivity index (χ1) is 11.8. The lowest BCUT2D eigenvalue weighted by Crippen LogP contribution is -2.13. The van der Waals surface area contributed by atoms with Crippen molar-refractivity contribution in [3.05, 3.63) is 68.1 Å². The fraction of sp³-hybridized carbons (Fsp3) is 0.400. The lowest BCUT2D eigenvalue weighted by atomic mass is 9.84. The molecule has 25 heavy (non-hydrogen) atoms. The predicted molar refractivity (Wildman–Crippen MR) is 109 cm³/mol. The Morgan fingerprint density at radius 1 is 1.12 bits per heavy atom. The molecule has 0 aliphatic carbocycles. The molecule has 0 bridgehead atoms. The molecule has 3 aromatic rings. The second kappa shape index (κ2) is 6.96. The van der Waals surface area contributed by atoms with Crippen LogP contribution in [-0.4, -0.2) is 9.38 Å². The van der Waals surface area contributed by atoms with Crippen LogP contribution >= 0.6 is 23.1 Å². The highest BCUT2D eigenvalue weighted by Gasteiger charge is 2.16. The number of aromatic nitrogens is 2. The number of nitrogens with zero attached hydrogens (tertiary/aromatic N) is 2. The largest absolute Gasteiger partial charge is 0.269 e. The molecule has 0 amide bonds. The number of thiazole rings is 1. The average molecular weight is 373 g/mol. The fourth-order valence-corrected chi connectivity index (χ4v) is 4.73. The minimum atomic E-state index is 0.00346. The Hall–Kier alpha value is -1.59. The highest BCUT2D eigenvalue weighted by molar-refractivity contribution is 7.97. The van der Waals surface area contributed by atoms with Crippen molar-refractivity contribution in [1.29, 1.82) is 0 Å². The summed E-state index contributed by atoms with van der Waals surface area (Å²) in [7, 11) is 0. The molecule has 0 radical (unpaired) electrons. The van der Waals surface area contributed by atoms with Crippen molar-refractivity contribution in [3.63, 3.8) is 0 Å². The minimum absolute atomic E-state index is 0.00346. The molecule has 0 aliphatic rings. The van der Waals surface area contributed by atoms with E-state index in [2.05, 4.69) is 51.7 Å². The highest BCUT2D eigenvalue weighted by atomic mass is 32.2. The summed E-state index contributed by atoms with van der Waals surface area (Å²) in [5.74, 6) is 1.69. The SMILES string of the molecule is Cc1cc(C(C)(C)C)cc(C)c1CSCc1cc(=O)n2ccsc2n1. The summed E-state index contributed by atoms with van der Waals surface area (Å²) in [4.78, 5) is 17.4. The third-order valence-electron chi connectivity index (χ3n) is 4.41. The molecular formula is C20H24N2OS2. The Morgan fingerprint density at radius 2 is 1.80 bits per heavy atom. The van der Waals surface area contributed by atoms with Crippen LogP contribution in [0.2, 0.25) is 0 Å². The Balaban J connectivity index is 1.74. The summed E-state index contributed by atoms with van der Waals surface area (Å²) in [6.07, 6.45) is 1.77. The number of benzene rings is 1. The molecule has 5 heteroatoms. The van der Waals surface area contributed by atoms with Crippen molar-refractivity contribution < 1.29 is 0 Å². The number of fused-ring (bicyclic) bond motifs is 1. The zero-order valence-corrected chi connectivity index (χ0v) is 17.1. The van der Waals surface area contributed by atoms with Crippen LogP contribution in [0.1, 0.15) is 48.7 Å². The first-order valence-electron chi connectivity index (χ1n) is 8.40. The van der Waals surface area contributed by atoms with Crippen LogP contribution in [-0.2, 0) is 16.9 Å². The van der Waals surface area contributed by atoms with Gasteiger partial charge in [0.25, 0.3) is 5.56 Å². The lowest BCUT2D eigenvalue weighted by Gasteiger charge is -2.22. The molecule has 0 saturated heterocycles. The van der Waals surface area contributed by atoms with Crippen molar-refractivity contribution in [2.24, 2.45) is 0 Å². The smallest absolute Gasteiger partial charge is 0.258 e. The van der Waals surface area contributed by atoms with Gasteiger partial charge in [-0.3, -0.25) is 9.20 Å². The number of hydrogen-bond acceptors (Lipinski definition) is 4. The summed E-state index contributed by atoms with van der Waals surface area (Å²) in [6.45, 7) is 11.1. The summed E-state index contributed by atoms with van der Waals surface area (Å²) in [5.41, 5.74) is 6.51. The zero-order chi connectivity index (χ0) is 18.2. The summed E-state index contributed by atoms with van der Waals surface area (Å²) >= 11 is 3.31. The maximum atomic E-state index is 12.1. The van der Waals surface area contributed by atoms with E-state index in [1.807, 2.05) is 17.1 Å². The van der Waals surface area contributed by atoms with E-state index in [0.717, 1.165) is 22.2 Å². The number of hydrogen-bond donors (Lipinski definition) is 0. The van der Waals surface area contributed by atoms with Gasteiger partial charge < -0.3 is 0 Å². The van der Waals surface area contributed by atoms with Crippen LogP contribution < -0.4 is 5.56 Å². The van der Waals surface area contributed by atoms with Gasteiger partial charge in [0.05, 0.1) is 5.69 Å². The molecule has 0 aliphatic heterocycles. The van der Waals surface area contributed by atoms with Gasteiger partial charge in [-0.15, -0.1) is 11.3 Å². The summed E-state index contributed by atoms with van der Waals surface area (Å²) in [6, 6.07) is 6.27. The van der Waals surface area contributed by atoms with Gasteiger partial charge in [-0.05, 0) is 41.5 Å². The zero-order valence-electron chi connectivity index (χ0n) is 15.4. The van der Waals surface area contributed by atoms with E-state index in [-0.39, 0.29) is 11.0 Å². The molecule has 2 aromatic heterocycles. The Labute approximate surface area is 157 Å². The first kappa shape index (κ1) is 18.2. The molecule has 3 rings (SSSR count). The van der Waals surface area contributed by atoms with E-state index in [1.54, 1.807) is 16.7 Å². The number of rotatable bonds is 4. The minimum Gasteiger partial charge on any atom is -0.269 e. The van der Waals surface area contributed by atoms with Crippen molar-refractivity contribution in [1.82, 2.24) is 9.38 Å². The quantitative estimate of drug-likeness (QED) is 0.639. The second-order valence-electron chi connectivity index (χ2n) is 7.47. The van der Waals surface area contributed by atoms with Gasteiger partial charge in [0.1, 0.15) is 0 Å². The molecule has 1 aromatic carbocycles. The van der Waals surface area contributed by atoms with E-state index < -0.39 is 0 Å². The van der Waals surface area contributed by atoms with Crippen LogP contribution in [0.3, 0.4) is 0 Å². The maximum Gasteiger partial charge on any atom is 0.258 e. The third kappa shape index (κ3) is 3.98. The van der Waals surface area contributed by atoms with E-state index in [0.29, 0.717) is 0 Å². The van der Waals surface area contributed by atoms with E-state index in [1.165, 1.54) is 33.6 Å². The second-order valence-corrected chi connectivity index (χ2v) is 9.33. The summed E-state index contributed by atoms with van der Waals surface area (Å²) in [5, 5.41) is 1.89. The highest BCUT2D eigenvalue weighted by Crippen LogP contribution is 2.29. The van der Waals surface area contributed by atoms with Crippen LogP contribution in [0.25, 0.3) is 4.96 Å². The average Bonchev–Trinajstić information content (AvgIpc) is 2.98. The van der Waals surface area contributed by atoms with Gasteiger partial charge in [-0.25, -0.2) is 4.98 Å². The van der Waals surface area contributed by atoms with Gasteiger partial charge in [-0.2, -0.15) is 11.8 Å². The monoisotopic (exact) mass is 372 g/mol. The van der Waals surface area contributed by atoms with E-state index in [9.17, 15) is 4.79 Å².